The molecular formula is C12H15BrFNO. The molecule has 1 unspecified atom stereocenters. The largest absolute Gasteiger partial charge is 0.380 e. The third-order valence-electron chi connectivity index (χ3n) is 2.94. The zero-order valence-corrected chi connectivity index (χ0v) is 10.8. The van der Waals surface area contributed by atoms with Crippen LogP contribution in [0.15, 0.2) is 16.6 Å². The highest BCUT2D eigenvalue weighted by Gasteiger charge is 2.22. The van der Waals surface area contributed by atoms with Gasteiger partial charge < -0.3 is 10.1 Å². The third kappa shape index (κ3) is 2.44. The van der Waals surface area contributed by atoms with Crippen LogP contribution >= 0.6 is 15.9 Å². The SMILES string of the molecule is COCc1cc(Br)cc(C2CCNC2)c1F. The number of halogens is 2. The second-order valence-electron chi connectivity index (χ2n) is 4.09. The Morgan fingerprint density at radius 2 is 2.38 bits per heavy atom. The van der Waals surface area contributed by atoms with Crippen LogP contribution in [0.4, 0.5) is 4.39 Å². The summed E-state index contributed by atoms with van der Waals surface area (Å²) in [6, 6.07) is 3.66. The summed E-state index contributed by atoms with van der Waals surface area (Å²) in [5.74, 6) is 0.173. The molecule has 1 aromatic carbocycles. The minimum absolute atomic E-state index is 0.112. The van der Waals surface area contributed by atoms with Crippen molar-refractivity contribution >= 4 is 15.9 Å². The molecule has 0 aliphatic carbocycles. The fraction of sp³-hybridized carbons (Fsp3) is 0.500. The minimum Gasteiger partial charge on any atom is -0.380 e. The normalized spacial score (nSPS) is 20.3. The van der Waals surface area contributed by atoms with E-state index in [9.17, 15) is 4.39 Å². The fourth-order valence-electron chi connectivity index (χ4n) is 2.15. The van der Waals surface area contributed by atoms with Gasteiger partial charge in [-0.05, 0) is 30.7 Å². The van der Waals surface area contributed by atoms with E-state index in [0.717, 1.165) is 29.5 Å². The number of nitrogens with one attached hydrogen (secondary N) is 1. The number of hydrogen-bond acceptors (Lipinski definition) is 2. The molecule has 16 heavy (non-hydrogen) atoms. The van der Waals surface area contributed by atoms with Crippen molar-refractivity contribution in [2.45, 2.75) is 18.9 Å². The van der Waals surface area contributed by atoms with Gasteiger partial charge in [0.05, 0.1) is 6.61 Å². The van der Waals surface area contributed by atoms with Gasteiger partial charge in [-0.3, -0.25) is 0 Å². The van der Waals surface area contributed by atoms with Crippen molar-refractivity contribution in [3.8, 4) is 0 Å². The molecule has 2 nitrogen and oxygen atoms in total. The zero-order valence-electron chi connectivity index (χ0n) is 9.22. The number of ether oxygens (including phenoxy) is 1. The van der Waals surface area contributed by atoms with Crippen molar-refractivity contribution in [2.24, 2.45) is 0 Å². The molecule has 1 atom stereocenters. The molecule has 1 aromatic rings. The molecule has 2 rings (SSSR count). The molecule has 0 spiro atoms. The predicted octanol–water partition coefficient (Wildman–Crippen LogP) is 2.81. The average Bonchev–Trinajstić information content (AvgIpc) is 2.76. The van der Waals surface area contributed by atoms with Crippen LogP contribution in [0.3, 0.4) is 0 Å². The summed E-state index contributed by atoms with van der Waals surface area (Å²) in [5, 5.41) is 3.26. The van der Waals surface area contributed by atoms with Crippen LogP contribution in [0.2, 0.25) is 0 Å². The first-order valence-corrected chi connectivity index (χ1v) is 6.19. The highest BCUT2D eigenvalue weighted by Crippen LogP contribution is 2.30. The smallest absolute Gasteiger partial charge is 0.132 e. The maximum absolute atomic E-state index is 14.2. The summed E-state index contributed by atoms with van der Waals surface area (Å²) >= 11 is 3.42. The molecule has 1 fully saturated rings. The minimum atomic E-state index is -0.112. The highest BCUT2D eigenvalue weighted by molar-refractivity contribution is 9.10. The van der Waals surface area contributed by atoms with Gasteiger partial charge in [-0.1, -0.05) is 15.9 Å². The Kier molecular flexibility index (Phi) is 3.95. The van der Waals surface area contributed by atoms with Gasteiger partial charge in [-0.25, -0.2) is 4.39 Å². The Bertz CT molecular complexity index is 378. The quantitative estimate of drug-likeness (QED) is 0.923. The predicted molar refractivity (Wildman–Crippen MR) is 65.0 cm³/mol. The number of methoxy groups -OCH3 is 1. The van der Waals surface area contributed by atoms with Gasteiger partial charge in [0.2, 0.25) is 0 Å². The molecule has 0 aromatic heterocycles. The lowest BCUT2D eigenvalue weighted by Gasteiger charge is -2.13. The lowest BCUT2D eigenvalue weighted by atomic mass is 9.96. The van der Waals surface area contributed by atoms with Gasteiger partial charge in [0.1, 0.15) is 5.82 Å². The van der Waals surface area contributed by atoms with E-state index >= 15 is 0 Å². The zero-order chi connectivity index (χ0) is 11.5. The Morgan fingerprint density at radius 1 is 1.56 bits per heavy atom. The standard InChI is InChI=1S/C12H15BrFNO/c1-16-7-9-4-10(13)5-11(12(9)14)8-2-3-15-6-8/h4-5,8,15H,2-3,6-7H2,1H3. The van der Waals surface area contributed by atoms with Crippen molar-refractivity contribution in [3.05, 3.63) is 33.5 Å². The van der Waals surface area contributed by atoms with Crippen LogP contribution < -0.4 is 5.32 Å². The Morgan fingerprint density at radius 3 is 3.00 bits per heavy atom. The second kappa shape index (κ2) is 5.25. The number of rotatable bonds is 3. The van der Waals surface area contributed by atoms with Crippen LogP contribution in [0.1, 0.15) is 23.5 Å². The van der Waals surface area contributed by atoms with Crippen molar-refractivity contribution in [2.75, 3.05) is 20.2 Å². The number of benzene rings is 1. The first-order valence-electron chi connectivity index (χ1n) is 5.40. The van der Waals surface area contributed by atoms with E-state index < -0.39 is 0 Å². The summed E-state index contributed by atoms with van der Waals surface area (Å²) in [6.07, 6.45) is 1.000. The van der Waals surface area contributed by atoms with Crippen LogP contribution in [0.25, 0.3) is 0 Å². The van der Waals surface area contributed by atoms with Crippen molar-refractivity contribution in [3.63, 3.8) is 0 Å². The summed E-state index contributed by atoms with van der Waals surface area (Å²) in [6.45, 7) is 2.15. The van der Waals surface area contributed by atoms with Gasteiger partial charge in [-0.15, -0.1) is 0 Å². The fourth-order valence-corrected chi connectivity index (χ4v) is 2.67. The van der Waals surface area contributed by atoms with Crippen LogP contribution in [0.5, 0.6) is 0 Å². The molecule has 1 aliphatic heterocycles. The molecule has 0 amide bonds. The van der Waals surface area contributed by atoms with Crippen molar-refractivity contribution in [1.82, 2.24) is 5.32 Å². The molecule has 88 valence electrons. The molecule has 1 aliphatic rings. The monoisotopic (exact) mass is 287 g/mol. The molecule has 1 N–H and O–H groups in total. The first-order chi connectivity index (χ1) is 7.72. The van der Waals surface area contributed by atoms with E-state index in [0.29, 0.717) is 12.2 Å². The van der Waals surface area contributed by atoms with Gasteiger partial charge in [-0.2, -0.15) is 0 Å². The van der Waals surface area contributed by atoms with Crippen LogP contribution in [-0.4, -0.2) is 20.2 Å². The third-order valence-corrected chi connectivity index (χ3v) is 3.40. The Labute approximate surface area is 103 Å². The summed E-state index contributed by atoms with van der Waals surface area (Å²) in [5.41, 5.74) is 1.42. The van der Waals surface area contributed by atoms with Crippen LogP contribution in [-0.2, 0) is 11.3 Å². The van der Waals surface area contributed by atoms with Crippen LogP contribution in [0, 0.1) is 5.82 Å². The second-order valence-corrected chi connectivity index (χ2v) is 5.01. The van der Waals surface area contributed by atoms with Gasteiger partial charge >= 0.3 is 0 Å². The molecule has 0 saturated carbocycles. The maximum atomic E-state index is 14.2. The summed E-state index contributed by atoms with van der Waals surface area (Å²) in [7, 11) is 1.58. The molecule has 1 saturated heterocycles. The van der Waals surface area contributed by atoms with Gasteiger partial charge in [0.15, 0.2) is 0 Å². The van der Waals surface area contributed by atoms with E-state index in [1.807, 2.05) is 6.07 Å². The molecule has 1 heterocycles. The summed E-state index contributed by atoms with van der Waals surface area (Å²) in [4.78, 5) is 0. The molecular weight excluding hydrogens is 273 g/mol. The molecule has 0 bridgehead atoms. The van der Waals surface area contributed by atoms with Gasteiger partial charge in [0, 0.05) is 29.6 Å². The Balaban J connectivity index is 2.35. The van der Waals surface area contributed by atoms with E-state index in [4.69, 9.17) is 4.74 Å². The molecule has 0 radical (unpaired) electrons. The summed E-state index contributed by atoms with van der Waals surface area (Å²) < 4.78 is 20.1. The van der Waals surface area contributed by atoms with Crippen molar-refractivity contribution < 1.29 is 9.13 Å². The van der Waals surface area contributed by atoms with Crippen molar-refractivity contribution in [1.29, 1.82) is 0 Å². The molecule has 4 heteroatoms. The maximum Gasteiger partial charge on any atom is 0.132 e. The Hall–Kier alpha value is -0.450. The lowest BCUT2D eigenvalue weighted by Crippen LogP contribution is -2.10. The number of hydrogen-bond donors (Lipinski definition) is 1. The van der Waals surface area contributed by atoms with E-state index in [2.05, 4.69) is 21.2 Å². The highest BCUT2D eigenvalue weighted by atomic mass is 79.9. The van der Waals surface area contributed by atoms with E-state index in [-0.39, 0.29) is 11.7 Å². The first kappa shape index (κ1) is 12.0. The average molecular weight is 288 g/mol. The lowest BCUT2D eigenvalue weighted by molar-refractivity contribution is 0.181. The van der Waals surface area contributed by atoms with E-state index in [1.165, 1.54) is 0 Å². The topological polar surface area (TPSA) is 21.3 Å². The van der Waals surface area contributed by atoms with E-state index in [1.54, 1.807) is 13.2 Å². The van der Waals surface area contributed by atoms with Gasteiger partial charge in [0.25, 0.3) is 0 Å².